The topological polar surface area (TPSA) is 195 Å². The lowest BCUT2D eigenvalue weighted by atomic mass is 10.1. The first-order chi connectivity index (χ1) is 24.9. The number of nitrogen functional groups attached to an aromatic ring is 1. The van der Waals surface area contributed by atoms with Crippen LogP contribution in [0.2, 0.25) is 0 Å². The van der Waals surface area contributed by atoms with Crippen LogP contribution in [0.3, 0.4) is 0 Å². The van der Waals surface area contributed by atoms with E-state index in [1.807, 2.05) is 31.2 Å². The molecular formula is C37H37Br2N7O7. The SMILES string of the molecule is CC1(C)Oc2cc(Br)cnc2NC1=O.Cc1c(CN(C)C(=O)/C=C/c2cnc3c(c2)OC(C)(C)C(=O)N3)oc2ccccc12.Nc1ncc(Br)cc1O. The fraction of sp³-hybridized carbons (Fsp3) is 0.243. The number of para-hydroxylation sites is 1. The van der Waals surface area contributed by atoms with E-state index >= 15 is 0 Å². The van der Waals surface area contributed by atoms with E-state index in [1.165, 1.54) is 18.3 Å². The summed E-state index contributed by atoms with van der Waals surface area (Å²) in [5.41, 5.74) is 5.94. The smallest absolute Gasteiger partial charge is 0.269 e. The maximum absolute atomic E-state index is 12.6. The molecule has 5 aromatic rings. The number of benzene rings is 1. The quantitative estimate of drug-likeness (QED) is 0.136. The average molecular weight is 852 g/mol. The van der Waals surface area contributed by atoms with Gasteiger partial charge in [0.05, 0.1) is 6.54 Å². The van der Waals surface area contributed by atoms with Crippen LogP contribution in [0.4, 0.5) is 17.5 Å². The van der Waals surface area contributed by atoms with Gasteiger partial charge < -0.3 is 40.3 Å². The summed E-state index contributed by atoms with van der Waals surface area (Å²) in [6.45, 7) is 9.17. The molecule has 0 spiro atoms. The molecule has 0 fully saturated rings. The molecule has 53 heavy (non-hydrogen) atoms. The van der Waals surface area contributed by atoms with E-state index in [0.717, 1.165) is 26.8 Å². The van der Waals surface area contributed by atoms with Crippen LogP contribution >= 0.6 is 31.9 Å². The van der Waals surface area contributed by atoms with Crippen molar-refractivity contribution < 1.29 is 33.4 Å². The molecule has 16 heteroatoms. The molecule has 0 unspecified atom stereocenters. The Kier molecular flexibility index (Phi) is 11.4. The summed E-state index contributed by atoms with van der Waals surface area (Å²) in [4.78, 5) is 49.5. The van der Waals surface area contributed by atoms with Gasteiger partial charge in [-0.2, -0.15) is 0 Å². The molecule has 0 radical (unpaired) electrons. The predicted molar refractivity (Wildman–Crippen MR) is 207 cm³/mol. The number of pyridine rings is 3. The Bertz CT molecular complexity index is 2240. The molecule has 5 N–H and O–H groups in total. The van der Waals surface area contributed by atoms with E-state index < -0.39 is 11.2 Å². The lowest BCUT2D eigenvalue weighted by molar-refractivity contribution is -0.130. The van der Waals surface area contributed by atoms with Crippen molar-refractivity contribution in [3.63, 3.8) is 0 Å². The summed E-state index contributed by atoms with van der Waals surface area (Å²) < 4.78 is 18.7. The maximum atomic E-state index is 12.6. The van der Waals surface area contributed by atoms with Crippen LogP contribution in [0, 0.1) is 6.92 Å². The number of likely N-dealkylation sites (N-methyl/N-ethyl adjacent to an activating group) is 1. The number of carbonyl (C=O) groups is 3. The Labute approximate surface area is 322 Å². The number of nitrogens with two attached hydrogens (primary N) is 1. The van der Waals surface area contributed by atoms with Gasteiger partial charge in [-0.15, -0.1) is 0 Å². The minimum Gasteiger partial charge on any atom is -0.504 e. The molecule has 1 aromatic carbocycles. The van der Waals surface area contributed by atoms with Crippen molar-refractivity contribution in [1.82, 2.24) is 19.9 Å². The summed E-state index contributed by atoms with van der Waals surface area (Å²) in [5, 5.41) is 15.3. The van der Waals surface area contributed by atoms with Crippen molar-refractivity contribution >= 4 is 84.1 Å². The monoisotopic (exact) mass is 849 g/mol. The van der Waals surface area contributed by atoms with E-state index in [9.17, 15) is 14.4 Å². The number of hydrogen-bond donors (Lipinski definition) is 4. The standard InChI is InChI=1S/C23H23N3O4.C9H9BrN2O2.C5H5BrN2O/c1-14-16-7-5-6-8-17(16)29-19(14)13-26(4)20(27)10-9-15-11-18-21(24-12-15)25-22(28)23(2,3)30-18;1-9(2)8(13)12-7-6(14-9)3-5(10)4-11-7;6-3-1-4(9)5(7)8-2-3/h5-12H,13H2,1-4H3,(H,24,25,28);3-4H,1-2H3,(H,11,12,13);1-2,9H,(H2,7,8)/b10-9+;;. The van der Waals surface area contributed by atoms with Gasteiger partial charge in [-0.25, -0.2) is 15.0 Å². The molecule has 2 aliphatic heterocycles. The molecular weight excluding hydrogens is 814 g/mol. The van der Waals surface area contributed by atoms with Gasteiger partial charge >= 0.3 is 0 Å². The molecule has 0 atom stereocenters. The number of fused-ring (bicyclic) bond motifs is 3. The van der Waals surface area contributed by atoms with Gasteiger partial charge in [-0.05, 0) is 102 Å². The molecule has 14 nitrogen and oxygen atoms in total. The number of nitrogens with one attached hydrogen (secondary N) is 2. The number of carbonyl (C=O) groups excluding carboxylic acids is 3. The molecule has 6 heterocycles. The van der Waals surface area contributed by atoms with Crippen molar-refractivity contribution in [2.75, 3.05) is 23.4 Å². The first-order valence-electron chi connectivity index (χ1n) is 16.1. The summed E-state index contributed by atoms with van der Waals surface area (Å²) in [7, 11) is 1.73. The lowest BCUT2D eigenvalue weighted by Gasteiger charge is -2.30. The number of aromatic hydroxyl groups is 1. The maximum Gasteiger partial charge on any atom is 0.269 e. The molecule has 2 aliphatic rings. The fourth-order valence-electron chi connectivity index (χ4n) is 4.88. The van der Waals surface area contributed by atoms with E-state index in [4.69, 9.17) is 24.7 Å². The number of aryl methyl sites for hydroxylation is 1. The van der Waals surface area contributed by atoms with E-state index in [2.05, 4.69) is 57.4 Å². The van der Waals surface area contributed by atoms with E-state index in [-0.39, 0.29) is 29.3 Å². The van der Waals surface area contributed by atoms with E-state index in [1.54, 1.807) is 70.2 Å². The van der Waals surface area contributed by atoms with Gasteiger partial charge in [-0.3, -0.25) is 14.4 Å². The highest BCUT2D eigenvalue weighted by atomic mass is 79.9. The van der Waals surface area contributed by atoms with Gasteiger partial charge in [0.25, 0.3) is 11.8 Å². The van der Waals surface area contributed by atoms with Gasteiger partial charge in [0.1, 0.15) is 11.3 Å². The van der Waals surface area contributed by atoms with Gasteiger partial charge in [-0.1, -0.05) is 18.2 Å². The molecule has 0 saturated carbocycles. The Balaban J connectivity index is 0.000000192. The number of anilines is 3. The number of ether oxygens (including phenoxy) is 2. The van der Waals surface area contributed by atoms with Crippen molar-refractivity contribution in [2.45, 2.75) is 52.4 Å². The van der Waals surface area contributed by atoms with Crippen molar-refractivity contribution in [3.05, 3.63) is 93.0 Å². The highest BCUT2D eigenvalue weighted by Crippen LogP contribution is 2.34. The van der Waals surface area contributed by atoms with Crippen molar-refractivity contribution in [3.8, 4) is 17.2 Å². The third-order valence-electron chi connectivity index (χ3n) is 7.96. The minimum atomic E-state index is -0.975. The molecule has 3 amide bonds. The van der Waals surface area contributed by atoms with Crippen LogP contribution in [0.5, 0.6) is 17.2 Å². The second-order valence-corrected chi connectivity index (χ2v) is 14.8. The third kappa shape index (κ3) is 9.31. The fourth-order valence-corrected chi connectivity index (χ4v) is 5.51. The second kappa shape index (κ2) is 15.6. The van der Waals surface area contributed by atoms with E-state index in [0.29, 0.717) is 39.7 Å². The van der Waals surface area contributed by atoms with Crippen molar-refractivity contribution in [1.29, 1.82) is 0 Å². The molecule has 276 valence electrons. The van der Waals surface area contributed by atoms with Crippen LogP contribution in [0.1, 0.15) is 44.6 Å². The normalized spacial score (nSPS) is 14.9. The first-order valence-corrected chi connectivity index (χ1v) is 17.7. The Morgan fingerprint density at radius 2 is 1.47 bits per heavy atom. The number of furan rings is 1. The first kappa shape index (κ1) is 38.7. The zero-order valence-electron chi connectivity index (χ0n) is 29.7. The van der Waals surface area contributed by atoms with Crippen LogP contribution in [0.15, 0.2) is 80.5 Å². The summed E-state index contributed by atoms with van der Waals surface area (Å²) in [6.07, 6.45) is 7.86. The van der Waals surface area contributed by atoms with Gasteiger partial charge in [0.15, 0.2) is 45.9 Å². The van der Waals surface area contributed by atoms with Gasteiger partial charge in [0, 0.05) is 51.6 Å². The third-order valence-corrected chi connectivity index (χ3v) is 8.83. The Morgan fingerprint density at radius 1 is 0.906 bits per heavy atom. The Morgan fingerprint density at radius 3 is 2.08 bits per heavy atom. The number of halogens is 2. The number of rotatable bonds is 4. The van der Waals surface area contributed by atoms with Gasteiger partial charge in [0.2, 0.25) is 5.91 Å². The molecule has 7 rings (SSSR count). The average Bonchev–Trinajstić information content (AvgIpc) is 3.41. The van der Waals surface area contributed by atoms with Crippen LogP contribution in [0.25, 0.3) is 17.0 Å². The summed E-state index contributed by atoms with van der Waals surface area (Å²) >= 11 is 6.41. The number of hydrogen-bond acceptors (Lipinski definition) is 11. The molecule has 4 aromatic heterocycles. The molecule has 0 saturated heterocycles. The predicted octanol–water partition coefficient (Wildman–Crippen LogP) is 7.00. The largest absolute Gasteiger partial charge is 0.504 e. The number of nitrogens with zero attached hydrogens (tertiary/aromatic N) is 4. The van der Waals surface area contributed by atoms with Crippen molar-refractivity contribution in [2.24, 2.45) is 0 Å². The Hall–Kier alpha value is -5.48. The zero-order chi connectivity index (χ0) is 38.7. The summed E-state index contributed by atoms with van der Waals surface area (Å²) in [6, 6.07) is 12.8. The van der Waals surface area contributed by atoms with Crippen LogP contribution in [-0.4, -0.2) is 60.9 Å². The second-order valence-electron chi connectivity index (χ2n) is 13.0. The number of amides is 3. The summed E-state index contributed by atoms with van der Waals surface area (Å²) in [5.74, 6) is 2.23. The molecule has 0 bridgehead atoms. The molecule has 0 aliphatic carbocycles. The number of aromatic nitrogens is 3. The minimum absolute atomic E-state index is 0.00405. The van der Waals surface area contributed by atoms with Crippen LogP contribution < -0.4 is 25.8 Å². The van der Waals surface area contributed by atoms with Crippen LogP contribution in [-0.2, 0) is 20.9 Å². The zero-order valence-corrected chi connectivity index (χ0v) is 32.8. The highest BCUT2D eigenvalue weighted by Gasteiger charge is 2.37. The highest BCUT2D eigenvalue weighted by molar-refractivity contribution is 9.10. The lowest BCUT2D eigenvalue weighted by Crippen LogP contribution is -2.46.